The number of aliphatic carboxylic acids is 1. The van der Waals surface area contributed by atoms with Crippen LogP contribution in [0.3, 0.4) is 0 Å². The van der Waals surface area contributed by atoms with Crippen LogP contribution in [0.2, 0.25) is 0 Å². The van der Waals surface area contributed by atoms with Gasteiger partial charge in [-0.15, -0.1) is 0 Å². The highest BCUT2D eigenvalue weighted by Crippen LogP contribution is 2.23. The topological polar surface area (TPSA) is 79.5 Å². The second-order valence-electron chi connectivity index (χ2n) is 4.31. The van der Waals surface area contributed by atoms with Crippen molar-refractivity contribution in [1.82, 2.24) is 4.57 Å². The maximum atomic E-state index is 12.0. The Morgan fingerprint density at radius 2 is 2.18 bits per heavy atom. The Bertz CT molecular complexity index is 504. The van der Waals surface area contributed by atoms with E-state index in [0.717, 1.165) is 12.8 Å². The summed E-state index contributed by atoms with van der Waals surface area (Å²) in [6, 6.07) is 1.42. The van der Waals surface area contributed by atoms with Crippen LogP contribution in [0.15, 0.2) is 10.9 Å². The number of hydrogen-bond donors (Lipinski definition) is 2. The number of aromatic hydroxyl groups is 1. The molecule has 5 nitrogen and oxygen atoms in total. The van der Waals surface area contributed by atoms with Gasteiger partial charge in [-0.25, -0.2) is 0 Å². The lowest BCUT2D eigenvalue weighted by Crippen LogP contribution is -2.29. The van der Waals surface area contributed by atoms with E-state index in [0.29, 0.717) is 24.2 Å². The lowest BCUT2D eigenvalue weighted by Gasteiger charge is -2.20. The second-order valence-corrected chi connectivity index (χ2v) is 4.31. The Labute approximate surface area is 98.3 Å². The van der Waals surface area contributed by atoms with Gasteiger partial charge in [-0.1, -0.05) is 0 Å². The van der Waals surface area contributed by atoms with Gasteiger partial charge < -0.3 is 14.8 Å². The molecule has 0 saturated carbocycles. The van der Waals surface area contributed by atoms with Crippen molar-refractivity contribution >= 4 is 5.97 Å². The Kier molecular flexibility index (Phi) is 3.17. The third-order valence-electron chi connectivity index (χ3n) is 3.11. The van der Waals surface area contributed by atoms with Gasteiger partial charge in [-0.3, -0.25) is 9.59 Å². The first-order valence-corrected chi connectivity index (χ1v) is 5.76. The predicted octanol–water partition coefficient (Wildman–Crippen LogP) is 0.907. The molecule has 0 saturated heterocycles. The Morgan fingerprint density at radius 1 is 1.41 bits per heavy atom. The van der Waals surface area contributed by atoms with E-state index in [-0.39, 0.29) is 24.2 Å². The van der Waals surface area contributed by atoms with E-state index in [2.05, 4.69) is 0 Å². The summed E-state index contributed by atoms with van der Waals surface area (Å²) in [5.74, 6) is -0.823. The first-order chi connectivity index (χ1) is 8.09. The summed E-state index contributed by atoms with van der Waals surface area (Å²) >= 11 is 0. The number of carboxylic acids is 1. The van der Waals surface area contributed by atoms with Gasteiger partial charge in [0.25, 0.3) is 5.56 Å². The molecular weight excluding hydrogens is 222 g/mol. The smallest absolute Gasteiger partial charge is 0.303 e. The van der Waals surface area contributed by atoms with Crippen molar-refractivity contribution in [2.75, 3.05) is 0 Å². The summed E-state index contributed by atoms with van der Waals surface area (Å²) < 4.78 is 1.58. The van der Waals surface area contributed by atoms with Gasteiger partial charge in [0.05, 0.1) is 5.69 Å². The molecule has 0 amide bonds. The Balaban J connectivity index is 2.38. The average molecular weight is 237 g/mol. The van der Waals surface area contributed by atoms with Gasteiger partial charge in [-0.2, -0.15) is 0 Å². The molecule has 0 aromatic carbocycles. The Hall–Kier alpha value is -1.78. The Morgan fingerprint density at radius 3 is 2.88 bits per heavy atom. The summed E-state index contributed by atoms with van der Waals surface area (Å²) in [5, 5.41) is 18.4. The molecule has 2 heterocycles. The van der Waals surface area contributed by atoms with Gasteiger partial charge >= 0.3 is 5.97 Å². The highest BCUT2D eigenvalue weighted by molar-refractivity contribution is 5.67. The third-order valence-corrected chi connectivity index (χ3v) is 3.11. The van der Waals surface area contributed by atoms with Crippen LogP contribution in [0, 0.1) is 0 Å². The standard InChI is InChI=1S/C12H15NO4/c14-10-7-8(4-5-11(15)16)12(17)13-6-2-1-3-9(10)13/h7,14H,1-6H2,(H,15,16). The number of nitrogens with zero attached hydrogens (tertiary/aromatic N) is 1. The van der Waals surface area contributed by atoms with Crippen molar-refractivity contribution < 1.29 is 15.0 Å². The SMILES string of the molecule is O=C(O)CCc1cc(O)c2n(c1=O)CCCC2. The van der Waals surface area contributed by atoms with Crippen LogP contribution >= 0.6 is 0 Å². The number of carboxylic acid groups (broad SMARTS) is 1. The molecule has 0 radical (unpaired) electrons. The highest BCUT2D eigenvalue weighted by Gasteiger charge is 2.17. The van der Waals surface area contributed by atoms with Gasteiger partial charge in [-0.05, 0) is 31.7 Å². The highest BCUT2D eigenvalue weighted by atomic mass is 16.4. The molecule has 1 aromatic heterocycles. The van der Waals surface area contributed by atoms with E-state index in [4.69, 9.17) is 5.11 Å². The summed E-state index contributed by atoms with van der Waals surface area (Å²) in [5.41, 5.74) is 0.912. The van der Waals surface area contributed by atoms with E-state index in [1.54, 1.807) is 4.57 Å². The van der Waals surface area contributed by atoms with Crippen molar-refractivity contribution in [3.63, 3.8) is 0 Å². The van der Waals surface area contributed by atoms with Gasteiger partial charge in [0.15, 0.2) is 0 Å². The van der Waals surface area contributed by atoms with Crippen molar-refractivity contribution in [3.8, 4) is 5.75 Å². The fourth-order valence-electron chi connectivity index (χ4n) is 2.23. The molecule has 2 N–H and O–H groups in total. The third kappa shape index (κ3) is 2.33. The molecule has 0 atom stereocenters. The number of carbonyl (C=O) groups is 1. The molecule has 0 fully saturated rings. The zero-order valence-electron chi connectivity index (χ0n) is 9.48. The minimum atomic E-state index is -0.938. The van der Waals surface area contributed by atoms with Crippen molar-refractivity contribution in [2.24, 2.45) is 0 Å². The second kappa shape index (κ2) is 4.61. The molecule has 1 aliphatic rings. The summed E-state index contributed by atoms with van der Waals surface area (Å²) in [7, 11) is 0. The molecule has 5 heteroatoms. The lowest BCUT2D eigenvalue weighted by molar-refractivity contribution is -0.136. The molecule has 0 unspecified atom stereocenters. The van der Waals surface area contributed by atoms with Gasteiger partial charge in [0, 0.05) is 18.5 Å². The zero-order valence-corrected chi connectivity index (χ0v) is 9.48. The maximum absolute atomic E-state index is 12.0. The fourth-order valence-corrected chi connectivity index (χ4v) is 2.23. The van der Waals surface area contributed by atoms with Gasteiger partial charge in [0.2, 0.25) is 0 Å². The minimum absolute atomic E-state index is 0.0893. The summed E-state index contributed by atoms with van der Waals surface area (Å²) in [6.45, 7) is 0.614. The van der Waals surface area contributed by atoms with Crippen LogP contribution in [-0.2, 0) is 24.2 Å². The molecule has 0 aliphatic carbocycles. The number of pyridine rings is 1. The van der Waals surface area contributed by atoms with Gasteiger partial charge in [0.1, 0.15) is 5.75 Å². The molecule has 0 spiro atoms. The molecule has 0 bridgehead atoms. The van der Waals surface area contributed by atoms with Crippen LogP contribution in [0.4, 0.5) is 0 Å². The number of aryl methyl sites for hydroxylation is 1. The first-order valence-electron chi connectivity index (χ1n) is 5.76. The van der Waals surface area contributed by atoms with Crippen LogP contribution in [-0.4, -0.2) is 20.7 Å². The lowest BCUT2D eigenvalue weighted by atomic mass is 10.0. The number of aromatic nitrogens is 1. The molecule has 92 valence electrons. The largest absolute Gasteiger partial charge is 0.506 e. The number of fused-ring (bicyclic) bond motifs is 1. The molecule has 2 rings (SSSR count). The van der Waals surface area contributed by atoms with Crippen molar-refractivity contribution in [1.29, 1.82) is 0 Å². The quantitative estimate of drug-likeness (QED) is 0.818. The summed E-state index contributed by atoms with van der Waals surface area (Å²) in [6.07, 6.45) is 2.69. The van der Waals surface area contributed by atoms with E-state index in [9.17, 15) is 14.7 Å². The van der Waals surface area contributed by atoms with E-state index < -0.39 is 5.97 Å². The van der Waals surface area contributed by atoms with Crippen LogP contribution in [0.5, 0.6) is 5.75 Å². The number of hydrogen-bond acceptors (Lipinski definition) is 3. The first kappa shape index (κ1) is 11.7. The van der Waals surface area contributed by atoms with Crippen LogP contribution in [0.25, 0.3) is 0 Å². The summed E-state index contributed by atoms with van der Waals surface area (Å²) in [4.78, 5) is 22.5. The maximum Gasteiger partial charge on any atom is 0.303 e. The normalized spacial score (nSPS) is 14.4. The predicted molar refractivity (Wildman–Crippen MR) is 61.3 cm³/mol. The van der Waals surface area contributed by atoms with Crippen LogP contribution < -0.4 is 5.56 Å². The zero-order chi connectivity index (χ0) is 12.4. The van der Waals surface area contributed by atoms with E-state index in [1.807, 2.05) is 0 Å². The molecule has 17 heavy (non-hydrogen) atoms. The monoisotopic (exact) mass is 237 g/mol. The van der Waals surface area contributed by atoms with E-state index in [1.165, 1.54) is 6.07 Å². The van der Waals surface area contributed by atoms with Crippen molar-refractivity contribution in [3.05, 3.63) is 27.7 Å². The average Bonchev–Trinajstić information content (AvgIpc) is 2.32. The molecule has 1 aromatic rings. The van der Waals surface area contributed by atoms with Crippen molar-refractivity contribution in [2.45, 2.75) is 38.6 Å². The fraction of sp³-hybridized carbons (Fsp3) is 0.500. The molecular formula is C12H15NO4. The number of rotatable bonds is 3. The minimum Gasteiger partial charge on any atom is -0.506 e. The van der Waals surface area contributed by atoms with Crippen LogP contribution in [0.1, 0.15) is 30.5 Å². The van der Waals surface area contributed by atoms with E-state index >= 15 is 0 Å². The molecule has 1 aliphatic heterocycles.